The Morgan fingerprint density at radius 2 is 1.75 bits per heavy atom. The summed E-state index contributed by atoms with van der Waals surface area (Å²) in [6.07, 6.45) is -4.02. The van der Waals surface area contributed by atoms with Crippen molar-refractivity contribution in [3.8, 4) is 0 Å². The molecule has 0 atom stereocenters. The zero-order valence-electron chi connectivity index (χ0n) is 15.1. The summed E-state index contributed by atoms with van der Waals surface area (Å²) in [5, 5.41) is 8.95. The van der Waals surface area contributed by atoms with E-state index < -0.39 is 23.1 Å². The Balaban J connectivity index is 1.81. The minimum atomic E-state index is -4.81. The first-order valence-corrected chi connectivity index (χ1v) is 8.98. The number of nitrogens with one attached hydrogen (secondary N) is 3. The summed E-state index contributed by atoms with van der Waals surface area (Å²) >= 11 is 0. The molecule has 150 valence electrons. The Hall–Kier alpha value is -2.61. The lowest BCUT2D eigenvalue weighted by Gasteiger charge is -2.38. The maximum atomic E-state index is 13.6. The molecule has 2 aromatic carbocycles. The number of carbonyl (C=O) groups excluding carboxylic acids is 1. The van der Waals surface area contributed by atoms with Crippen molar-refractivity contribution in [2.75, 3.05) is 18.4 Å². The van der Waals surface area contributed by atoms with E-state index >= 15 is 0 Å². The van der Waals surface area contributed by atoms with Gasteiger partial charge in [0.2, 0.25) is 5.91 Å². The Kier molecular flexibility index (Phi) is 5.88. The third-order valence-electron chi connectivity index (χ3n) is 4.84. The summed E-state index contributed by atoms with van der Waals surface area (Å²) < 4.78 is 52.6. The van der Waals surface area contributed by atoms with Crippen molar-refractivity contribution >= 4 is 11.6 Å². The van der Waals surface area contributed by atoms with Crippen LogP contribution in [0.5, 0.6) is 0 Å². The van der Waals surface area contributed by atoms with Crippen LogP contribution in [0, 0.1) is 5.82 Å². The van der Waals surface area contributed by atoms with Crippen molar-refractivity contribution in [1.29, 1.82) is 0 Å². The molecule has 0 aromatic heterocycles. The largest absolute Gasteiger partial charge is 0.419 e. The van der Waals surface area contributed by atoms with E-state index in [0.717, 1.165) is 11.6 Å². The highest BCUT2D eigenvalue weighted by atomic mass is 19.4. The Bertz CT molecular complexity index is 818. The minimum absolute atomic E-state index is 0.0606. The van der Waals surface area contributed by atoms with Gasteiger partial charge in [-0.1, -0.05) is 30.3 Å². The van der Waals surface area contributed by atoms with Gasteiger partial charge in [-0.2, -0.15) is 13.2 Å². The molecule has 0 bridgehead atoms. The molecule has 1 aliphatic heterocycles. The van der Waals surface area contributed by atoms with Crippen LogP contribution in [0.15, 0.2) is 48.5 Å². The number of carbonyl (C=O) groups is 1. The summed E-state index contributed by atoms with van der Waals surface area (Å²) in [7, 11) is 0. The Labute approximate surface area is 160 Å². The Morgan fingerprint density at radius 1 is 1.07 bits per heavy atom. The molecular formula is C20H21F4N3O. The summed E-state index contributed by atoms with van der Waals surface area (Å²) in [5.74, 6) is -1.64. The lowest BCUT2D eigenvalue weighted by Crippen LogP contribution is -2.57. The van der Waals surface area contributed by atoms with Crippen LogP contribution < -0.4 is 16.0 Å². The number of amides is 1. The molecule has 0 radical (unpaired) electrons. The van der Waals surface area contributed by atoms with E-state index in [1.54, 1.807) is 0 Å². The predicted molar refractivity (Wildman–Crippen MR) is 98.1 cm³/mol. The summed E-state index contributed by atoms with van der Waals surface area (Å²) in [6, 6.07) is 12.0. The monoisotopic (exact) mass is 395 g/mol. The molecule has 0 unspecified atom stereocenters. The fraction of sp³-hybridized carbons (Fsp3) is 0.350. The van der Waals surface area contributed by atoms with E-state index in [4.69, 9.17) is 0 Å². The van der Waals surface area contributed by atoms with Gasteiger partial charge in [0, 0.05) is 12.2 Å². The van der Waals surface area contributed by atoms with Crippen LogP contribution >= 0.6 is 0 Å². The zero-order chi connectivity index (χ0) is 20.2. The fourth-order valence-corrected chi connectivity index (χ4v) is 3.31. The molecule has 1 heterocycles. The molecule has 3 N–H and O–H groups in total. The van der Waals surface area contributed by atoms with Crippen molar-refractivity contribution in [3.05, 3.63) is 65.5 Å². The minimum Gasteiger partial charge on any atom is -0.371 e. The SMILES string of the molecule is O=C(NCc1ccccc1)C1(Nc2ccc(F)c(C(F)(F)F)c2)CCNCC1. The number of halogens is 4. The molecule has 2 aromatic rings. The number of piperidine rings is 1. The molecule has 8 heteroatoms. The van der Waals surface area contributed by atoms with Crippen LogP contribution in [0.25, 0.3) is 0 Å². The second-order valence-corrected chi connectivity index (χ2v) is 6.82. The van der Waals surface area contributed by atoms with Crippen LogP contribution in [0.4, 0.5) is 23.2 Å². The summed E-state index contributed by atoms with van der Waals surface area (Å²) in [4.78, 5) is 12.9. The standard InChI is InChI=1S/C20H21F4N3O/c21-17-7-6-15(12-16(17)20(22,23)24)27-19(8-10-25-11-9-19)18(28)26-13-14-4-2-1-3-5-14/h1-7,12,25,27H,8-11,13H2,(H,26,28). The number of rotatable bonds is 5. The highest BCUT2D eigenvalue weighted by Gasteiger charge is 2.40. The van der Waals surface area contributed by atoms with Crippen LogP contribution in [0.1, 0.15) is 24.0 Å². The molecule has 1 saturated heterocycles. The van der Waals surface area contributed by atoms with Crippen molar-refractivity contribution in [3.63, 3.8) is 0 Å². The van der Waals surface area contributed by atoms with E-state index in [1.165, 1.54) is 6.07 Å². The van der Waals surface area contributed by atoms with Gasteiger partial charge in [0.1, 0.15) is 11.4 Å². The molecule has 0 saturated carbocycles. The molecule has 1 fully saturated rings. The van der Waals surface area contributed by atoms with E-state index in [1.807, 2.05) is 30.3 Å². The highest BCUT2D eigenvalue weighted by Crippen LogP contribution is 2.34. The van der Waals surface area contributed by atoms with E-state index in [9.17, 15) is 22.4 Å². The van der Waals surface area contributed by atoms with Crippen molar-refractivity contribution < 1.29 is 22.4 Å². The second kappa shape index (κ2) is 8.18. The smallest absolute Gasteiger partial charge is 0.371 e. The number of hydrogen-bond donors (Lipinski definition) is 3. The molecule has 0 spiro atoms. The van der Waals surface area contributed by atoms with Crippen molar-refractivity contribution in [2.24, 2.45) is 0 Å². The van der Waals surface area contributed by atoms with E-state index in [2.05, 4.69) is 16.0 Å². The van der Waals surface area contributed by atoms with Gasteiger partial charge in [0.05, 0.1) is 5.56 Å². The molecule has 1 aliphatic rings. The van der Waals surface area contributed by atoms with Crippen LogP contribution in [0.2, 0.25) is 0 Å². The van der Waals surface area contributed by atoms with Gasteiger partial charge in [0.15, 0.2) is 0 Å². The molecule has 4 nitrogen and oxygen atoms in total. The van der Waals surface area contributed by atoms with Gasteiger partial charge >= 0.3 is 6.18 Å². The van der Waals surface area contributed by atoms with Crippen molar-refractivity contribution in [2.45, 2.75) is 31.1 Å². The van der Waals surface area contributed by atoms with Crippen LogP contribution in [-0.4, -0.2) is 24.5 Å². The van der Waals surface area contributed by atoms with E-state index in [-0.39, 0.29) is 11.6 Å². The van der Waals surface area contributed by atoms with Gasteiger partial charge in [-0.15, -0.1) is 0 Å². The van der Waals surface area contributed by atoms with Gasteiger partial charge in [-0.25, -0.2) is 4.39 Å². The fourth-order valence-electron chi connectivity index (χ4n) is 3.31. The third-order valence-corrected chi connectivity index (χ3v) is 4.84. The van der Waals surface area contributed by atoms with Crippen molar-refractivity contribution in [1.82, 2.24) is 10.6 Å². The first kappa shape index (κ1) is 20.1. The third kappa shape index (κ3) is 4.62. The lowest BCUT2D eigenvalue weighted by atomic mass is 9.86. The Morgan fingerprint density at radius 3 is 2.39 bits per heavy atom. The molecule has 0 aliphatic carbocycles. The first-order chi connectivity index (χ1) is 13.3. The predicted octanol–water partition coefficient (Wildman–Crippen LogP) is 3.70. The molecular weight excluding hydrogens is 374 g/mol. The zero-order valence-corrected chi connectivity index (χ0v) is 15.1. The molecule has 3 rings (SSSR count). The number of anilines is 1. The second-order valence-electron chi connectivity index (χ2n) is 6.82. The normalized spacial score (nSPS) is 16.4. The molecule has 1 amide bonds. The highest BCUT2D eigenvalue weighted by molar-refractivity contribution is 5.89. The maximum absolute atomic E-state index is 13.6. The van der Waals surface area contributed by atoms with Crippen LogP contribution in [0.3, 0.4) is 0 Å². The average molecular weight is 395 g/mol. The topological polar surface area (TPSA) is 53.2 Å². The van der Waals surface area contributed by atoms with Gasteiger partial charge in [0.25, 0.3) is 0 Å². The quantitative estimate of drug-likeness (QED) is 0.677. The summed E-state index contributed by atoms with van der Waals surface area (Å²) in [5.41, 5.74) is -1.45. The average Bonchev–Trinajstić information content (AvgIpc) is 2.68. The molecule has 28 heavy (non-hydrogen) atoms. The van der Waals surface area contributed by atoms with E-state index in [0.29, 0.717) is 38.5 Å². The first-order valence-electron chi connectivity index (χ1n) is 8.98. The van der Waals surface area contributed by atoms with Crippen LogP contribution in [-0.2, 0) is 17.5 Å². The van der Waals surface area contributed by atoms with Gasteiger partial charge in [-0.05, 0) is 49.7 Å². The van der Waals surface area contributed by atoms with Gasteiger partial charge in [-0.3, -0.25) is 4.79 Å². The van der Waals surface area contributed by atoms with Gasteiger partial charge < -0.3 is 16.0 Å². The number of hydrogen-bond acceptors (Lipinski definition) is 3. The lowest BCUT2D eigenvalue weighted by molar-refractivity contribution is -0.139. The number of benzene rings is 2. The number of alkyl halides is 3. The summed E-state index contributed by atoms with van der Waals surface area (Å²) in [6.45, 7) is 1.39. The maximum Gasteiger partial charge on any atom is 0.419 e.